The Labute approximate surface area is 145 Å². The van der Waals surface area contributed by atoms with E-state index in [0.29, 0.717) is 22.3 Å². The van der Waals surface area contributed by atoms with E-state index in [0.717, 1.165) is 23.7 Å². The van der Waals surface area contributed by atoms with Gasteiger partial charge in [0.15, 0.2) is 0 Å². The lowest BCUT2D eigenvalue weighted by Crippen LogP contribution is -2.10. The van der Waals surface area contributed by atoms with Gasteiger partial charge >= 0.3 is 5.97 Å². The zero-order valence-corrected chi connectivity index (χ0v) is 14.2. The molecular weight excluding hydrogens is 322 g/mol. The SMILES string of the molecule is C[C@@H]1CCc2[nH]c3ccc(C(=O)Oc4ccc(Cl)cc4)cc3c2C1. The number of aromatic nitrogens is 1. The number of aryl methyl sites for hydroxylation is 1. The van der Waals surface area contributed by atoms with Crippen molar-refractivity contribution in [2.75, 3.05) is 0 Å². The lowest BCUT2D eigenvalue weighted by Gasteiger charge is -2.18. The molecule has 1 atom stereocenters. The van der Waals surface area contributed by atoms with Gasteiger partial charge in [-0.3, -0.25) is 0 Å². The number of rotatable bonds is 2. The number of carbonyl (C=O) groups is 1. The van der Waals surface area contributed by atoms with Crippen LogP contribution >= 0.6 is 11.6 Å². The zero-order valence-electron chi connectivity index (χ0n) is 13.4. The van der Waals surface area contributed by atoms with Crippen LogP contribution in [0, 0.1) is 5.92 Å². The second kappa shape index (κ2) is 5.99. The van der Waals surface area contributed by atoms with Crippen molar-refractivity contribution in [3.63, 3.8) is 0 Å². The molecule has 0 bridgehead atoms. The first-order chi connectivity index (χ1) is 11.6. The lowest BCUT2D eigenvalue weighted by atomic mass is 9.87. The number of ether oxygens (including phenoxy) is 1. The highest BCUT2D eigenvalue weighted by molar-refractivity contribution is 6.30. The lowest BCUT2D eigenvalue weighted by molar-refractivity contribution is 0.0735. The van der Waals surface area contributed by atoms with E-state index in [-0.39, 0.29) is 5.97 Å². The maximum atomic E-state index is 12.4. The van der Waals surface area contributed by atoms with Gasteiger partial charge in [-0.25, -0.2) is 4.79 Å². The number of carbonyl (C=O) groups excluding carboxylic acids is 1. The van der Waals surface area contributed by atoms with Crippen molar-refractivity contribution in [1.82, 2.24) is 4.98 Å². The number of esters is 1. The molecular formula is C20H18ClNO2. The minimum atomic E-state index is -0.349. The Hall–Kier alpha value is -2.26. The molecule has 0 saturated carbocycles. The Balaban J connectivity index is 1.65. The third-order valence-electron chi connectivity index (χ3n) is 4.69. The molecule has 1 aromatic heterocycles. The van der Waals surface area contributed by atoms with Crippen molar-refractivity contribution in [3.05, 3.63) is 64.3 Å². The molecule has 4 heteroatoms. The van der Waals surface area contributed by atoms with Gasteiger partial charge in [-0.05, 0) is 73.2 Å². The van der Waals surface area contributed by atoms with E-state index < -0.39 is 0 Å². The summed E-state index contributed by atoms with van der Waals surface area (Å²) in [5.41, 5.74) is 4.32. The number of hydrogen-bond donors (Lipinski definition) is 1. The van der Waals surface area contributed by atoms with Crippen LogP contribution in [0.1, 0.15) is 35.0 Å². The third-order valence-corrected chi connectivity index (χ3v) is 4.95. The molecule has 0 fully saturated rings. The van der Waals surface area contributed by atoms with Gasteiger partial charge in [-0.1, -0.05) is 18.5 Å². The van der Waals surface area contributed by atoms with Gasteiger partial charge in [-0.2, -0.15) is 0 Å². The predicted octanol–water partition coefficient (Wildman–Crippen LogP) is 5.17. The van der Waals surface area contributed by atoms with Gasteiger partial charge in [0, 0.05) is 21.6 Å². The molecule has 1 N–H and O–H groups in total. The van der Waals surface area contributed by atoms with Crippen LogP contribution in [0.4, 0.5) is 0 Å². The maximum absolute atomic E-state index is 12.4. The fourth-order valence-corrected chi connectivity index (χ4v) is 3.51. The van der Waals surface area contributed by atoms with Crippen molar-refractivity contribution in [2.24, 2.45) is 5.92 Å². The highest BCUT2D eigenvalue weighted by atomic mass is 35.5. The summed E-state index contributed by atoms with van der Waals surface area (Å²) in [5.74, 6) is 0.827. The number of halogens is 1. The molecule has 122 valence electrons. The Morgan fingerprint density at radius 1 is 1.21 bits per heavy atom. The number of nitrogens with one attached hydrogen (secondary N) is 1. The fraction of sp³-hybridized carbons (Fsp3) is 0.250. The second-order valence-corrected chi connectivity index (χ2v) is 6.97. The number of hydrogen-bond acceptors (Lipinski definition) is 2. The van der Waals surface area contributed by atoms with Gasteiger partial charge in [0.2, 0.25) is 0 Å². The minimum Gasteiger partial charge on any atom is -0.423 e. The first kappa shape index (κ1) is 15.3. The summed E-state index contributed by atoms with van der Waals surface area (Å²) in [5, 5.41) is 1.76. The van der Waals surface area contributed by atoms with Crippen molar-refractivity contribution < 1.29 is 9.53 Å². The van der Waals surface area contributed by atoms with Crippen molar-refractivity contribution in [2.45, 2.75) is 26.2 Å². The fourth-order valence-electron chi connectivity index (χ4n) is 3.39. The number of H-pyrrole nitrogens is 1. The molecule has 2 aromatic carbocycles. The standard InChI is InChI=1S/C20H18ClNO2/c1-12-2-8-18-16(10-12)17-11-13(3-9-19(17)22-18)20(23)24-15-6-4-14(21)5-7-15/h3-7,9,11-12,22H,2,8,10H2,1H3/t12-/m1/s1. The molecule has 4 rings (SSSR count). The van der Waals surface area contributed by atoms with Crippen LogP contribution in [0.5, 0.6) is 5.75 Å². The number of benzene rings is 2. The quantitative estimate of drug-likeness (QED) is 0.517. The first-order valence-corrected chi connectivity index (χ1v) is 8.59. The molecule has 1 aliphatic carbocycles. The third kappa shape index (κ3) is 2.80. The summed E-state index contributed by atoms with van der Waals surface area (Å²) < 4.78 is 5.44. The van der Waals surface area contributed by atoms with E-state index >= 15 is 0 Å². The van der Waals surface area contributed by atoms with Gasteiger partial charge in [-0.15, -0.1) is 0 Å². The van der Waals surface area contributed by atoms with Crippen molar-refractivity contribution >= 4 is 28.5 Å². The Bertz CT molecular complexity index is 911. The molecule has 0 unspecified atom stereocenters. The van der Waals surface area contributed by atoms with Crippen molar-refractivity contribution in [3.8, 4) is 5.75 Å². The van der Waals surface area contributed by atoms with Crippen LogP contribution in [0.3, 0.4) is 0 Å². The van der Waals surface area contributed by atoms with Crippen LogP contribution in [0.15, 0.2) is 42.5 Å². The van der Waals surface area contributed by atoms with E-state index in [2.05, 4.69) is 11.9 Å². The summed E-state index contributed by atoms with van der Waals surface area (Å²) in [6, 6.07) is 12.5. The van der Waals surface area contributed by atoms with Gasteiger partial charge < -0.3 is 9.72 Å². The smallest absolute Gasteiger partial charge is 0.343 e. The van der Waals surface area contributed by atoms with Crippen LogP contribution < -0.4 is 4.74 Å². The van der Waals surface area contributed by atoms with Crippen LogP contribution in [0.2, 0.25) is 5.02 Å². The topological polar surface area (TPSA) is 42.1 Å². The molecule has 3 nitrogen and oxygen atoms in total. The average Bonchev–Trinajstić information content (AvgIpc) is 2.94. The van der Waals surface area contributed by atoms with E-state index in [1.807, 2.05) is 18.2 Å². The van der Waals surface area contributed by atoms with E-state index in [1.165, 1.54) is 17.7 Å². The molecule has 3 aromatic rings. The minimum absolute atomic E-state index is 0.349. The molecule has 0 saturated heterocycles. The zero-order chi connectivity index (χ0) is 16.7. The summed E-state index contributed by atoms with van der Waals surface area (Å²) >= 11 is 5.85. The molecule has 0 radical (unpaired) electrons. The van der Waals surface area contributed by atoms with Crippen LogP contribution in [-0.2, 0) is 12.8 Å². The van der Waals surface area contributed by atoms with Crippen LogP contribution in [-0.4, -0.2) is 11.0 Å². The molecule has 0 spiro atoms. The summed E-state index contributed by atoms with van der Waals surface area (Å²) in [4.78, 5) is 15.9. The summed E-state index contributed by atoms with van der Waals surface area (Å²) in [7, 11) is 0. The van der Waals surface area contributed by atoms with Gasteiger partial charge in [0.1, 0.15) is 5.75 Å². The monoisotopic (exact) mass is 339 g/mol. The normalized spacial score (nSPS) is 16.8. The highest BCUT2D eigenvalue weighted by Gasteiger charge is 2.21. The Morgan fingerprint density at radius 3 is 2.79 bits per heavy atom. The molecule has 1 aliphatic rings. The first-order valence-electron chi connectivity index (χ1n) is 8.21. The predicted molar refractivity (Wildman–Crippen MR) is 95.9 cm³/mol. The summed E-state index contributed by atoms with van der Waals surface area (Å²) in [6.45, 7) is 2.28. The van der Waals surface area contributed by atoms with E-state index in [4.69, 9.17) is 16.3 Å². The number of fused-ring (bicyclic) bond motifs is 3. The molecule has 1 heterocycles. The van der Waals surface area contributed by atoms with E-state index in [1.54, 1.807) is 24.3 Å². The second-order valence-electron chi connectivity index (χ2n) is 6.53. The Morgan fingerprint density at radius 2 is 2.00 bits per heavy atom. The van der Waals surface area contributed by atoms with Crippen molar-refractivity contribution in [1.29, 1.82) is 0 Å². The average molecular weight is 340 g/mol. The Kier molecular flexibility index (Phi) is 3.81. The molecule has 0 aliphatic heterocycles. The highest BCUT2D eigenvalue weighted by Crippen LogP contribution is 2.32. The van der Waals surface area contributed by atoms with Gasteiger partial charge in [0.05, 0.1) is 5.56 Å². The molecule has 0 amide bonds. The van der Waals surface area contributed by atoms with E-state index in [9.17, 15) is 4.79 Å². The largest absolute Gasteiger partial charge is 0.423 e. The van der Waals surface area contributed by atoms with Crippen LogP contribution in [0.25, 0.3) is 10.9 Å². The maximum Gasteiger partial charge on any atom is 0.343 e. The van der Waals surface area contributed by atoms with Gasteiger partial charge in [0.25, 0.3) is 0 Å². The molecule has 24 heavy (non-hydrogen) atoms. The summed E-state index contributed by atoms with van der Waals surface area (Å²) in [6.07, 6.45) is 3.35. The number of aromatic amines is 1.